The van der Waals surface area contributed by atoms with Crippen molar-refractivity contribution in [2.75, 3.05) is 7.11 Å². The van der Waals surface area contributed by atoms with Crippen LogP contribution in [0.2, 0.25) is 0 Å². The van der Waals surface area contributed by atoms with Crippen molar-refractivity contribution in [2.24, 2.45) is 5.73 Å². The van der Waals surface area contributed by atoms with Crippen molar-refractivity contribution in [2.45, 2.75) is 15.8 Å². The molecule has 1 aromatic carbocycles. The van der Waals surface area contributed by atoms with Crippen molar-refractivity contribution in [3.05, 3.63) is 35.3 Å². The Morgan fingerprint density at radius 2 is 2.38 bits per heavy atom. The van der Waals surface area contributed by atoms with Crippen LogP contribution < -0.4 is 10.5 Å². The van der Waals surface area contributed by atoms with Crippen LogP contribution in [0.1, 0.15) is 5.56 Å². The second-order valence-corrected chi connectivity index (χ2v) is 5.26. The fourth-order valence-electron chi connectivity index (χ4n) is 1.28. The van der Waals surface area contributed by atoms with Crippen molar-refractivity contribution < 1.29 is 4.74 Å². The van der Waals surface area contributed by atoms with Crippen molar-refractivity contribution >= 4 is 23.1 Å². The number of rotatable bonds is 4. The van der Waals surface area contributed by atoms with Gasteiger partial charge in [0.05, 0.1) is 7.11 Å². The molecule has 2 N–H and O–H groups in total. The van der Waals surface area contributed by atoms with Gasteiger partial charge in [-0.1, -0.05) is 17.8 Å². The molecular formula is C11H12N2OS2. The number of hydrogen-bond donors (Lipinski definition) is 1. The van der Waals surface area contributed by atoms with Crippen LogP contribution in [0.25, 0.3) is 0 Å². The molecule has 2 rings (SSSR count). The molecule has 84 valence electrons. The van der Waals surface area contributed by atoms with Crippen molar-refractivity contribution in [3.8, 4) is 5.75 Å². The molecule has 0 spiro atoms. The van der Waals surface area contributed by atoms with Crippen LogP contribution >= 0.6 is 23.1 Å². The average Bonchev–Trinajstić information content (AvgIpc) is 2.82. The van der Waals surface area contributed by atoms with Crippen LogP contribution in [-0.2, 0) is 6.54 Å². The lowest BCUT2D eigenvalue weighted by Crippen LogP contribution is -1.98. The molecular weight excluding hydrogens is 240 g/mol. The molecule has 1 heterocycles. The lowest BCUT2D eigenvalue weighted by molar-refractivity contribution is 0.413. The number of nitrogens with two attached hydrogens (primary N) is 1. The van der Waals surface area contributed by atoms with E-state index in [-0.39, 0.29) is 0 Å². The predicted octanol–water partition coefficient (Wildman–Crippen LogP) is 2.76. The maximum Gasteiger partial charge on any atom is 0.154 e. The summed E-state index contributed by atoms with van der Waals surface area (Å²) in [4.78, 5) is 5.35. The maximum atomic E-state index is 5.70. The summed E-state index contributed by atoms with van der Waals surface area (Å²) in [7, 11) is 1.66. The first kappa shape index (κ1) is 11.4. The number of benzene rings is 1. The third-order valence-corrected chi connectivity index (χ3v) is 4.08. The van der Waals surface area contributed by atoms with Crippen LogP contribution in [0.4, 0.5) is 0 Å². The normalized spacial score (nSPS) is 10.4. The topological polar surface area (TPSA) is 48.1 Å². The van der Waals surface area contributed by atoms with Gasteiger partial charge in [0.25, 0.3) is 0 Å². The molecule has 3 nitrogen and oxygen atoms in total. The molecule has 0 aliphatic rings. The summed E-state index contributed by atoms with van der Waals surface area (Å²) in [5, 5.41) is 1.96. The van der Waals surface area contributed by atoms with E-state index in [1.165, 1.54) is 0 Å². The van der Waals surface area contributed by atoms with E-state index < -0.39 is 0 Å². The van der Waals surface area contributed by atoms with Gasteiger partial charge < -0.3 is 10.5 Å². The number of aromatic nitrogens is 1. The summed E-state index contributed by atoms with van der Waals surface area (Å²) in [5.74, 6) is 0.844. The largest absolute Gasteiger partial charge is 0.497 e. The van der Waals surface area contributed by atoms with Crippen LogP contribution in [0, 0.1) is 0 Å². The van der Waals surface area contributed by atoms with Crippen LogP contribution in [0.15, 0.2) is 39.0 Å². The molecule has 0 aliphatic carbocycles. The minimum absolute atomic E-state index is 0.525. The van der Waals surface area contributed by atoms with Crippen molar-refractivity contribution in [3.63, 3.8) is 0 Å². The zero-order chi connectivity index (χ0) is 11.4. The monoisotopic (exact) mass is 252 g/mol. The minimum Gasteiger partial charge on any atom is -0.497 e. The molecule has 0 bridgehead atoms. The molecule has 0 aliphatic heterocycles. The first-order valence-corrected chi connectivity index (χ1v) is 6.47. The lowest BCUT2D eigenvalue weighted by Gasteiger charge is -2.07. The SMILES string of the molecule is COc1ccc(CN)c(Sc2nccs2)c1. The average molecular weight is 252 g/mol. The van der Waals surface area contributed by atoms with E-state index in [2.05, 4.69) is 4.98 Å². The van der Waals surface area contributed by atoms with Crippen LogP contribution in [0.3, 0.4) is 0 Å². The Morgan fingerprint density at radius 1 is 1.50 bits per heavy atom. The molecule has 0 fully saturated rings. The summed E-state index contributed by atoms with van der Waals surface area (Å²) in [6.45, 7) is 0.525. The first-order valence-electron chi connectivity index (χ1n) is 4.78. The molecule has 2 aromatic rings. The molecule has 0 amide bonds. The summed E-state index contributed by atoms with van der Waals surface area (Å²) in [6, 6.07) is 5.91. The number of nitrogens with zero attached hydrogens (tertiary/aromatic N) is 1. The molecule has 0 atom stereocenters. The molecule has 0 radical (unpaired) electrons. The number of hydrogen-bond acceptors (Lipinski definition) is 5. The number of ether oxygens (including phenoxy) is 1. The number of thiazole rings is 1. The van der Waals surface area contributed by atoms with E-state index in [1.54, 1.807) is 36.4 Å². The second kappa shape index (κ2) is 5.34. The highest BCUT2D eigenvalue weighted by Crippen LogP contribution is 2.33. The summed E-state index contributed by atoms with van der Waals surface area (Å²) in [6.07, 6.45) is 1.80. The highest BCUT2D eigenvalue weighted by Gasteiger charge is 2.06. The molecule has 0 unspecified atom stereocenters. The zero-order valence-corrected chi connectivity index (χ0v) is 10.5. The second-order valence-electron chi connectivity index (χ2n) is 3.08. The summed E-state index contributed by atoms with van der Waals surface area (Å²) in [5.41, 5.74) is 6.81. The van der Waals surface area contributed by atoms with Gasteiger partial charge in [0.2, 0.25) is 0 Å². The standard InChI is InChI=1S/C11H12N2OS2/c1-14-9-3-2-8(7-12)10(6-9)16-11-13-4-5-15-11/h2-6H,7,12H2,1H3. The fourth-order valence-corrected chi connectivity index (χ4v) is 3.03. The third kappa shape index (κ3) is 2.55. The Kier molecular flexibility index (Phi) is 3.82. The van der Waals surface area contributed by atoms with E-state index in [0.717, 1.165) is 20.5 Å². The Hall–Kier alpha value is -1.04. The fraction of sp³-hybridized carbons (Fsp3) is 0.182. The van der Waals surface area contributed by atoms with Crippen LogP contribution in [0.5, 0.6) is 5.75 Å². The van der Waals surface area contributed by atoms with Crippen molar-refractivity contribution in [1.82, 2.24) is 4.98 Å². The molecule has 5 heteroatoms. The number of methoxy groups -OCH3 is 1. The third-order valence-electron chi connectivity index (χ3n) is 2.10. The Labute approximate surface area is 103 Å². The Morgan fingerprint density at radius 3 is 3.00 bits per heavy atom. The van der Waals surface area contributed by atoms with Gasteiger partial charge in [-0.15, -0.1) is 11.3 Å². The zero-order valence-electron chi connectivity index (χ0n) is 8.84. The summed E-state index contributed by atoms with van der Waals surface area (Å²) >= 11 is 3.24. The predicted molar refractivity (Wildman–Crippen MR) is 67.1 cm³/mol. The quantitative estimate of drug-likeness (QED) is 0.909. The Bertz CT molecular complexity index is 457. The maximum absolute atomic E-state index is 5.70. The summed E-state index contributed by atoms with van der Waals surface area (Å²) < 4.78 is 6.22. The van der Waals surface area contributed by atoms with Gasteiger partial charge in [-0.25, -0.2) is 4.98 Å². The smallest absolute Gasteiger partial charge is 0.154 e. The molecule has 0 saturated carbocycles. The van der Waals surface area contributed by atoms with E-state index in [4.69, 9.17) is 10.5 Å². The lowest BCUT2D eigenvalue weighted by atomic mass is 10.2. The van der Waals surface area contributed by atoms with Crippen molar-refractivity contribution in [1.29, 1.82) is 0 Å². The van der Waals surface area contributed by atoms with Gasteiger partial charge in [-0.2, -0.15) is 0 Å². The van der Waals surface area contributed by atoms with Gasteiger partial charge in [-0.3, -0.25) is 0 Å². The minimum atomic E-state index is 0.525. The Balaban J connectivity index is 2.30. The van der Waals surface area contributed by atoms with Gasteiger partial charge in [0, 0.05) is 23.0 Å². The molecule has 16 heavy (non-hydrogen) atoms. The highest BCUT2D eigenvalue weighted by molar-refractivity contribution is 8.01. The first-order chi connectivity index (χ1) is 7.83. The van der Waals surface area contributed by atoms with Gasteiger partial charge in [0.1, 0.15) is 5.75 Å². The van der Waals surface area contributed by atoms with Crippen LogP contribution in [-0.4, -0.2) is 12.1 Å². The van der Waals surface area contributed by atoms with E-state index in [1.807, 2.05) is 23.6 Å². The van der Waals surface area contributed by atoms with Gasteiger partial charge >= 0.3 is 0 Å². The van der Waals surface area contributed by atoms with E-state index in [0.29, 0.717) is 6.54 Å². The van der Waals surface area contributed by atoms with E-state index >= 15 is 0 Å². The molecule has 0 saturated heterocycles. The van der Waals surface area contributed by atoms with E-state index in [9.17, 15) is 0 Å². The van der Waals surface area contributed by atoms with Gasteiger partial charge in [0.15, 0.2) is 4.34 Å². The highest BCUT2D eigenvalue weighted by atomic mass is 32.2. The molecule has 1 aromatic heterocycles. The van der Waals surface area contributed by atoms with Gasteiger partial charge in [-0.05, 0) is 17.7 Å².